The van der Waals surface area contributed by atoms with Gasteiger partial charge in [0.1, 0.15) is 5.60 Å². The molecule has 0 aromatic carbocycles. The highest BCUT2D eigenvalue weighted by molar-refractivity contribution is 5.78. The second-order valence-corrected chi connectivity index (χ2v) is 7.35. The topological polar surface area (TPSA) is 52.6 Å². The summed E-state index contributed by atoms with van der Waals surface area (Å²) in [5.74, 6) is 0.387. The number of rotatable bonds is 7. The van der Waals surface area contributed by atoms with Crippen molar-refractivity contribution in [2.24, 2.45) is 17.8 Å². The molecule has 0 amide bonds. The highest BCUT2D eigenvalue weighted by atomic mass is 16.6. The first-order chi connectivity index (χ1) is 11.0. The lowest BCUT2D eigenvalue weighted by molar-refractivity contribution is -0.172. The molecule has 0 radical (unpaired) electrons. The van der Waals surface area contributed by atoms with Crippen LogP contribution in [0.5, 0.6) is 0 Å². The SMILES string of the molecule is CCC1CC(CC)C(C(=O)OCC(=O)OC2(CC)CCCC2)C1. The molecule has 0 saturated heterocycles. The first-order valence-electron chi connectivity index (χ1n) is 9.42. The van der Waals surface area contributed by atoms with Crippen LogP contribution in [-0.4, -0.2) is 24.1 Å². The molecule has 2 fully saturated rings. The van der Waals surface area contributed by atoms with Gasteiger partial charge in [0.05, 0.1) is 5.92 Å². The normalized spacial score (nSPS) is 29.4. The summed E-state index contributed by atoms with van der Waals surface area (Å²) >= 11 is 0. The Hall–Kier alpha value is -1.06. The monoisotopic (exact) mass is 324 g/mol. The number of esters is 2. The second-order valence-electron chi connectivity index (χ2n) is 7.35. The van der Waals surface area contributed by atoms with Gasteiger partial charge >= 0.3 is 11.9 Å². The molecular weight excluding hydrogens is 292 g/mol. The average molecular weight is 324 g/mol. The maximum Gasteiger partial charge on any atom is 0.344 e. The Morgan fingerprint density at radius 1 is 1.04 bits per heavy atom. The molecule has 0 aliphatic heterocycles. The molecule has 2 aliphatic carbocycles. The molecule has 0 heterocycles. The third kappa shape index (κ3) is 4.48. The third-order valence-electron chi connectivity index (χ3n) is 6.02. The summed E-state index contributed by atoms with van der Waals surface area (Å²) in [6, 6.07) is 0. The van der Waals surface area contributed by atoms with Crippen molar-refractivity contribution in [1.82, 2.24) is 0 Å². The van der Waals surface area contributed by atoms with Crippen LogP contribution < -0.4 is 0 Å². The standard InChI is InChI=1S/C19H32O4/c1-4-14-11-15(5-2)16(12-14)18(21)22-13-17(20)23-19(6-3)9-7-8-10-19/h14-16H,4-13H2,1-3H3. The zero-order valence-corrected chi connectivity index (χ0v) is 14.9. The Labute approximate surface area is 140 Å². The highest BCUT2D eigenvalue weighted by Crippen LogP contribution is 2.40. The fourth-order valence-corrected chi connectivity index (χ4v) is 4.37. The molecule has 2 rings (SSSR count). The van der Waals surface area contributed by atoms with Gasteiger partial charge in [0.15, 0.2) is 6.61 Å². The van der Waals surface area contributed by atoms with Crippen LogP contribution in [0, 0.1) is 17.8 Å². The van der Waals surface area contributed by atoms with E-state index in [0.717, 1.165) is 57.8 Å². The Morgan fingerprint density at radius 2 is 1.74 bits per heavy atom. The minimum Gasteiger partial charge on any atom is -0.457 e. The number of carbonyl (C=O) groups is 2. The van der Waals surface area contributed by atoms with E-state index in [0.29, 0.717) is 11.8 Å². The predicted octanol–water partition coefficient (Wildman–Crippen LogP) is 4.26. The van der Waals surface area contributed by atoms with Gasteiger partial charge in [-0.15, -0.1) is 0 Å². The predicted molar refractivity (Wildman–Crippen MR) is 88.8 cm³/mol. The molecule has 2 aliphatic rings. The van der Waals surface area contributed by atoms with E-state index in [2.05, 4.69) is 20.8 Å². The van der Waals surface area contributed by atoms with Crippen molar-refractivity contribution in [1.29, 1.82) is 0 Å². The lowest BCUT2D eigenvalue weighted by Crippen LogP contribution is -2.34. The van der Waals surface area contributed by atoms with Gasteiger partial charge in [0, 0.05) is 0 Å². The second kappa shape index (κ2) is 8.16. The van der Waals surface area contributed by atoms with Crippen LogP contribution in [0.4, 0.5) is 0 Å². The maximum absolute atomic E-state index is 12.3. The Bertz CT molecular complexity index is 412. The zero-order chi connectivity index (χ0) is 16.9. The van der Waals surface area contributed by atoms with Gasteiger partial charge in [-0.3, -0.25) is 4.79 Å². The molecule has 4 nitrogen and oxygen atoms in total. The quantitative estimate of drug-likeness (QED) is 0.657. The van der Waals surface area contributed by atoms with Crippen LogP contribution in [0.2, 0.25) is 0 Å². The maximum atomic E-state index is 12.3. The molecule has 0 aromatic rings. The largest absolute Gasteiger partial charge is 0.457 e. The van der Waals surface area contributed by atoms with Crippen LogP contribution in [0.3, 0.4) is 0 Å². The molecule has 3 unspecified atom stereocenters. The number of hydrogen-bond donors (Lipinski definition) is 0. The summed E-state index contributed by atoms with van der Waals surface area (Å²) < 4.78 is 10.9. The van der Waals surface area contributed by atoms with Gasteiger partial charge in [-0.25, -0.2) is 4.79 Å². The van der Waals surface area contributed by atoms with Crippen LogP contribution >= 0.6 is 0 Å². The van der Waals surface area contributed by atoms with E-state index in [4.69, 9.17) is 9.47 Å². The van der Waals surface area contributed by atoms with E-state index in [1.807, 2.05) is 0 Å². The molecule has 0 bridgehead atoms. The molecule has 0 N–H and O–H groups in total. The van der Waals surface area contributed by atoms with Crippen LogP contribution in [-0.2, 0) is 19.1 Å². The van der Waals surface area contributed by atoms with Gasteiger partial charge in [0.25, 0.3) is 0 Å². The van der Waals surface area contributed by atoms with Crippen molar-refractivity contribution in [3.05, 3.63) is 0 Å². The molecule has 2 saturated carbocycles. The lowest BCUT2D eigenvalue weighted by Gasteiger charge is -2.27. The minimum absolute atomic E-state index is 0.0376. The molecule has 0 spiro atoms. The van der Waals surface area contributed by atoms with E-state index in [1.54, 1.807) is 0 Å². The van der Waals surface area contributed by atoms with Gasteiger partial charge < -0.3 is 9.47 Å². The van der Waals surface area contributed by atoms with E-state index < -0.39 is 0 Å². The van der Waals surface area contributed by atoms with E-state index >= 15 is 0 Å². The van der Waals surface area contributed by atoms with E-state index in [9.17, 15) is 9.59 Å². The van der Waals surface area contributed by atoms with Crippen molar-refractivity contribution in [3.63, 3.8) is 0 Å². The lowest BCUT2D eigenvalue weighted by atomic mass is 9.94. The third-order valence-corrected chi connectivity index (χ3v) is 6.02. The molecule has 132 valence electrons. The molecule has 0 aromatic heterocycles. The van der Waals surface area contributed by atoms with Crippen molar-refractivity contribution < 1.29 is 19.1 Å². The van der Waals surface area contributed by atoms with Crippen molar-refractivity contribution in [2.45, 2.75) is 84.2 Å². The van der Waals surface area contributed by atoms with Crippen LogP contribution in [0.25, 0.3) is 0 Å². The summed E-state index contributed by atoms with van der Waals surface area (Å²) in [7, 11) is 0. The summed E-state index contributed by atoms with van der Waals surface area (Å²) in [5, 5.41) is 0. The van der Waals surface area contributed by atoms with Crippen molar-refractivity contribution in [3.8, 4) is 0 Å². The number of carbonyl (C=O) groups excluding carboxylic acids is 2. The van der Waals surface area contributed by atoms with Gasteiger partial charge in [-0.1, -0.05) is 33.6 Å². The van der Waals surface area contributed by atoms with Crippen LogP contribution in [0.1, 0.15) is 78.6 Å². The Morgan fingerprint density at radius 3 is 2.30 bits per heavy atom. The summed E-state index contributed by atoms with van der Waals surface area (Å²) in [6.07, 6.45) is 9.05. The summed E-state index contributed by atoms with van der Waals surface area (Å²) in [6.45, 7) is 6.13. The Balaban J connectivity index is 1.80. The van der Waals surface area contributed by atoms with Gasteiger partial charge in [0.2, 0.25) is 0 Å². The molecule has 23 heavy (non-hydrogen) atoms. The van der Waals surface area contributed by atoms with Crippen LogP contribution in [0.15, 0.2) is 0 Å². The van der Waals surface area contributed by atoms with Crippen molar-refractivity contribution >= 4 is 11.9 Å². The minimum atomic E-state index is -0.389. The number of ether oxygens (including phenoxy) is 2. The van der Waals surface area contributed by atoms with Gasteiger partial charge in [-0.05, 0) is 56.8 Å². The molecule has 3 atom stereocenters. The fourth-order valence-electron chi connectivity index (χ4n) is 4.37. The van der Waals surface area contributed by atoms with E-state index in [1.165, 1.54) is 0 Å². The highest BCUT2D eigenvalue weighted by Gasteiger charge is 2.39. The van der Waals surface area contributed by atoms with Crippen molar-refractivity contribution in [2.75, 3.05) is 6.61 Å². The first kappa shape index (κ1) is 18.3. The average Bonchev–Trinajstić information content (AvgIpc) is 3.19. The summed E-state index contributed by atoms with van der Waals surface area (Å²) in [5.41, 5.74) is -0.309. The molecular formula is C19H32O4. The van der Waals surface area contributed by atoms with Gasteiger partial charge in [-0.2, -0.15) is 0 Å². The first-order valence-corrected chi connectivity index (χ1v) is 9.42. The number of hydrogen-bond acceptors (Lipinski definition) is 4. The fraction of sp³-hybridized carbons (Fsp3) is 0.895. The Kier molecular flexibility index (Phi) is 6.49. The van der Waals surface area contributed by atoms with E-state index in [-0.39, 0.29) is 30.1 Å². The molecule has 4 heteroatoms. The smallest absolute Gasteiger partial charge is 0.344 e. The zero-order valence-electron chi connectivity index (χ0n) is 14.9. The summed E-state index contributed by atoms with van der Waals surface area (Å²) in [4.78, 5) is 24.4.